The molecular weight excluding hydrogens is 482 g/mol. The molecule has 0 saturated carbocycles. The summed E-state index contributed by atoms with van der Waals surface area (Å²) in [4.78, 5) is 42.3. The number of carbonyl (C=O) groups is 2. The first kappa shape index (κ1) is 25.2. The van der Waals surface area contributed by atoms with Crippen LogP contribution in [-0.2, 0) is 6.42 Å². The smallest absolute Gasteiger partial charge is 0.417 e. The van der Waals surface area contributed by atoms with Gasteiger partial charge in [0.15, 0.2) is 11.4 Å². The Morgan fingerprint density at radius 2 is 1.71 bits per heavy atom. The number of H-pyrrole nitrogens is 1. The average molecular weight is 512 g/mol. The lowest BCUT2D eigenvalue weighted by Crippen LogP contribution is -2.55. The molecular formula is C30H29N3O5. The number of oxazole rings is 1. The van der Waals surface area contributed by atoms with Crippen LogP contribution in [0.3, 0.4) is 0 Å². The largest absolute Gasteiger partial charge is 0.465 e. The van der Waals surface area contributed by atoms with Crippen LogP contribution < -0.4 is 5.76 Å². The molecule has 1 amide bonds. The molecule has 1 unspecified atom stereocenters. The van der Waals surface area contributed by atoms with Gasteiger partial charge in [0.05, 0.1) is 11.6 Å². The highest BCUT2D eigenvalue weighted by Gasteiger charge is 2.30. The molecule has 4 aromatic rings. The van der Waals surface area contributed by atoms with Gasteiger partial charge in [-0.15, -0.1) is 0 Å². The zero-order valence-corrected chi connectivity index (χ0v) is 20.9. The number of hydrogen-bond donors (Lipinski definition) is 2. The van der Waals surface area contributed by atoms with Crippen molar-refractivity contribution in [2.45, 2.75) is 18.9 Å². The quantitative estimate of drug-likeness (QED) is 0.261. The van der Waals surface area contributed by atoms with Gasteiger partial charge in [-0.3, -0.25) is 14.7 Å². The molecule has 38 heavy (non-hydrogen) atoms. The van der Waals surface area contributed by atoms with E-state index in [1.807, 2.05) is 54.6 Å². The molecule has 1 aliphatic heterocycles. The van der Waals surface area contributed by atoms with E-state index in [2.05, 4.69) is 22.0 Å². The van der Waals surface area contributed by atoms with Crippen LogP contribution in [0.4, 0.5) is 4.79 Å². The highest BCUT2D eigenvalue weighted by atomic mass is 16.4. The van der Waals surface area contributed by atoms with Crippen molar-refractivity contribution in [2.75, 3.05) is 26.2 Å². The SMILES string of the molecule is O=C(CCN1CCN(C(=O)O)C(Cc2ccc(C=Cc3ccccc3)cc2)C1)c1ccc2[nH]c(=O)oc2c1. The summed E-state index contributed by atoms with van der Waals surface area (Å²) in [5.74, 6) is -0.600. The average Bonchev–Trinajstić information content (AvgIpc) is 3.31. The van der Waals surface area contributed by atoms with Crippen molar-refractivity contribution in [2.24, 2.45) is 0 Å². The predicted molar refractivity (Wildman–Crippen MR) is 146 cm³/mol. The van der Waals surface area contributed by atoms with E-state index in [-0.39, 0.29) is 11.8 Å². The van der Waals surface area contributed by atoms with Gasteiger partial charge in [-0.2, -0.15) is 0 Å². The molecule has 0 radical (unpaired) electrons. The lowest BCUT2D eigenvalue weighted by atomic mass is 10.0. The Morgan fingerprint density at radius 3 is 2.45 bits per heavy atom. The van der Waals surface area contributed by atoms with Gasteiger partial charge in [0.2, 0.25) is 0 Å². The maximum absolute atomic E-state index is 12.8. The summed E-state index contributed by atoms with van der Waals surface area (Å²) in [5, 5.41) is 9.76. The number of Topliss-reactive ketones (excluding diaryl/α,β-unsaturated/α-hetero) is 1. The van der Waals surface area contributed by atoms with Crippen LogP contribution in [0.25, 0.3) is 23.3 Å². The molecule has 1 aliphatic rings. The number of ketones is 1. The van der Waals surface area contributed by atoms with Gasteiger partial charge in [-0.25, -0.2) is 9.59 Å². The first-order chi connectivity index (χ1) is 18.4. The number of amides is 1. The van der Waals surface area contributed by atoms with Crippen LogP contribution in [0, 0.1) is 0 Å². The van der Waals surface area contributed by atoms with E-state index in [1.165, 1.54) is 4.90 Å². The Kier molecular flexibility index (Phi) is 7.51. The van der Waals surface area contributed by atoms with Crippen molar-refractivity contribution >= 4 is 35.1 Å². The van der Waals surface area contributed by atoms with Crippen molar-refractivity contribution in [3.05, 3.63) is 106 Å². The molecule has 8 nitrogen and oxygen atoms in total. The second-order valence-corrected chi connectivity index (χ2v) is 9.52. The van der Waals surface area contributed by atoms with Crippen LogP contribution in [-0.4, -0.2) is 64.0 Å². The second-order valence-electron chi connectivity index (χ2n) is 9.52. The molecule has 1 atom stereocenters. The summed E-state index contributed by atoms with van der Waals surface area (Å²) in [6, 6.07) is 23.0. The van der Waals surface area contributed by atoms with E-state index in [1.54, 1.807) is 18.2 Å². The van der Waals surface area contributed by atoms with Crippen molar-refractivity contribution in [3.8, 4) is 0 Å². The molecule has 2 heterocycles. The molecule has 1 fully saturated rings. The van der Waals surface area contributed by atoms with Gasteiger partial charge in [0.25, 0.3) is 0 Å². The minimum absolute atomic E-state index is 0.0490. The Bertz CT molecular complexity index is 1500. The van der Waals surface area contributed by atoms with E-state index in [4.69, 9.17) is 4.42 Å². The fourth-order valence-corrected chi connectivity index (χ4v) is 4.87. The molecule has 0 spiro atoms. The number of aromatic nitrogens is 1. The monoisotopic (exact) mass is 511 g/mol. The molecule has 0 bridgehead atoms. The summed E-state index contributed by atoms with van der Waals surface area (Å²) >= 11 is 0. The topological polar surface area (TPSA) is 107 Å². The Hall–Kier alpha value is -4.43. The third-order valence-electron chi connectivity index (χ3n) is 6.93. The summed E-state index contributed by atoms with van der Waals surface area (Å²) in [6.45, 7) is 2.06. The highest BCUT2D eigenvalue weighted by molar-refractivity contribution is 5.98. The third-order valence-corrected chi connectivity index (χ3v) is 6.93. The van der Waals surface area contributed by atoms with Crippen LogP contribution in [0.15, 0.2) is 82.0 Å². The van der Waals surface area contributed by atoms with Gasteiger partial charge in [-0.1, -0.05) is 66.7 Å². The number of benzene rings is 3. The minimum Gasteiger partial charge on any atom is -0.465 e. The van der Waals surface area contributed by atoms with Crippen LogP contribution in [0.2, 0.25) is 0 Å². The number of carbonyl (C=O) groups excluding carboxylic acids is 1. The van der Waals surface area contributed by atoms with Gasteiger partial charge in [0, 0.05) is 38.2 Å². The van der Waals surface area contributed by atoms with E-state index in [0.717, 1.165) is 16.7 Å². The number of aromatic amines is 1. The molecule has 3 aromatic carbocycles. The summed E-state index contributed by atoms with van der Waals surface area (Å²) < 4.78 is 5.06. The molecule has 1 aromatic heterocycles. The van der Waals surface area contributed by atoms with Crippen LogP contribution in [0.5, 0.6) is 0 Å². The van der Waals surface area contributed by atoms with E-state index in [9.17, 15) is 19.5 Å². The molecule has 194 valence electrons. The van der Waals surface area contributed by atoms with E-state index >= 15 is 0 Å². The number of piperazine rings is 1. The normalized spacial score (nSPS) is 16.3. The number of rotatable bonds is 8. The van der Waals surface area contributed by atoms with Crippen LogP contribution >= 0.6 is 0 Å². The van der Waals surface area contributed by atoms with Gasteiger partial charge in [-0.05, 0) is 41.3 Å². The molecule has 5 rings (SSSR count). The molecule has 2 N–H and O–H groups in total. The summed E-state index contributed by atoms with van der Waals surface area (Å²) in [6.07, 6.45) is 4.09. The summed E-state index contributed by atoms with van der Waals surface area (Å²) in [7, 11) is 0. The van der Waals surface area contributed by atoms with Crippen molar-refractivity contribution < 1.29 is 19.1 Å². The number of nitrogens with zero attached hydrogens (tertiary/aromatic N) is 2. The maximum Gasteiger partial charge on any atom is 0.417 e. The maximum atomic E-state index is 12.8. The number of nitrogens with one attached hydrogen (secondary N) is 1. The minimum atomic E-state index is -0.922. The van der Waals surface area contributed by atoms with Gasteiger partial charge in [0.1, 0.15) is 0 Å². The van der Waals surface area contributed by atoms with E-state index < -0.39 is 11.8 Å². The zero-order valence-electron chi connectivity index (χ0n) is 20.9. The van der Waals surface area contributed by atoms with Gasteiger partial charge < -0.3 is 14.4 Å². The number of carboxylic acid groups (broad SMARTS) is 1. The third kappa shape index (κ3) is 6.10. The highest BCUT2D eigenvalue weighted by Crippen LogP contribution is 2.19. The molecule has 0 aliphatic carbocycles. The van der Waals surface area contributed by atoms with Crippen molar-refractivity contribution in [1.29, 1.82) is 0 Å². The van der Waals surface area contributed by atoms with Crippen molar-refractivity contribution in [1.82, 2.24) is 14.8 Å². The lowest BCUT2D eigenvalue weighted by molar-refractivity contribution is 0.0647. The summed E-state index contributed by atoms with van der Waals surface area (Å²) in [5.41, 5.74) is 4.68. The Morgan fingerprint density at radius 1 is 0.974 bits per heavy atom. The predicted octanol–water partition coefficient (Wildman–Crippen LogP) is 4.77. The number of hydrogen-bond acceptors (Lipinski definition) is 5. The Labute approximate surface area is 219 Å². The first-order valence-electron chi connectivity index (χ1n) is 12.6. The first-order valence-corrected chi connectivity index (χ1v) is 12.6. The molecule has 8 heteroatoms. The molecule has 1 saturated heterocycles. The fourth-order valence-electron chi connectivity index (χ4n) is 4.87. The standard InChI is InChI=1S/C30H29N3O5/c34-27(24-12-13-26-28(19-24)38-29(35)31-26)14-15-32-16-17-33(30(36)37)25(20-32)18-23-10-8-22(9-11-23)7-6-21-4-2-1-3-5-21/h1-13,19,25H,14-18,20H2,(H,31,35)(H,36,37). The Balaban J connectivity index is 1.19. The lowest BCUT2D eigenvalue weighted by Gasteiger charge is -2.40. The van der Waals surface area contributed by atoms with E-state index in [0.29, 0.717) is 55.7 Å². The second kappa shape index (κ2) is 11.3. The number of fused-ring (bicyclic) bond motifs is 1. The van der Waals surface area contributed by atoms with Crippen molar-refractivity contribution in [3.63, 3.8) is 0 Å². The zero-order chi connectivity index (χ0) is 26.5. The van der Waals surface area contributed by atoms with Crippen LogP contribution in [0.1, 0.15) is 33.5 Å². The van der Waals surface area contributed by atoms with Gasteiger partial charge >= 0.3 is 11.8 Å². The fraction of sp³-hybridized carbons (Fsp3) is 0.233.